The molecule has 3 N–H and O–H groups in total. The number of carbonyl (C=O) groups is 2. The summed E-state index contributed by atoms with van der Waals surface area (Å²) in [5.74, 6) is -1.49. The molecule has 1 aromatic rings. The highest BCUT2D eigenvalue weighted by atomic mass is 79.9. The van der Waals surface area contributed by atoms with Crippen molar-refractivity contribution in [2.24, 2.45) is 5.92 Å². The van der Waals surface area contributed by atoms with E-state index in [-0.39, 0.29) is 26.1 Å². The lowest BCUT2D eigenvalue weighted by molar-refractivity contribution is -0.183. The van der Waals surface area contributed by atoms with Gasteiger partial charge in [-0.15, -0.1) is 11.3 Å². The van der Waals surface area contributed by atoms with Crippen LogP contribution in [0.15, 0.2) is 11.6 Å². The molecule has 3 unspecified atom stereocenters. The van der Waals surface area contributed by atoms with Crippen LogP contribution in [-0.2, 0) is 4.74 Å². The van der Waals surface area contributed by atoms with Crippen LogP contribution >= 0.6 is 27.3 Å². The molecule has 0 spiro atoms. The van der Waals surface area contributed by atoms with Gasteiger partial charge in [-0.2, -0.15) is 13.2 Å². The van der Waals surface area contributed by atoms with Gasteiger partial charge in [0.15, 0.2) is 0 Å². The number of hydrogen-bond acceptors (Lipinski definition) is 6. The smallest absolute Gasteiger partial charge is 0.408 e. The summed E-state index contributed by atoms with van der Waals surface area (Å²) >= 11 is 4.44. The van der Waals surface area contributed by atoms with E-state index in [9.17, 15) is 22.8 Å². The number of halogens is 4. The van der Waals surface area contributed by atoms with Crippen molar-refractivity contribution in [2.45, 2.75) is 55.9 Å². The van der Waals surface area contributed by atoms with Gasteiger partial charge in [0.2, 0.25) is 0 Å². The average molecular weight is 531 g/mol. The first kappa shape index (κ1) is 25.7. The molecule has 0 bridgehead atoms. The minimum Gasteiger partial charge on any atom is -0.465 e. The van der Waals surface area contributed by atoms with Crippen molar-refractivity contribution in [1.82, 2.24) is 20.5 Å². The van der Waals surface area contributed by atoms with Crippen LogP contribution in [0.2, 0.25) is 0 Å². The van der Waals surface area contributed by atoms with E-state index < -0.39 is 46.8 Å². The lowest BCUT2D eigenvalue weighted by Crippen LogP contribution is -2.56. The highest BCUT2D eigenvalue weighted by molar-refractivity contribution is 9.09. The number of nitrogens with zero attached hydrogens (tertiary/aromatic N) is 2. The van der Waals surface area contributed by atoms with Gasteiger partial charge in [-0.25, -0.2) is 14.6 Å². The molecule has 31 heavy (non-hydrogen) atoms. The second-order valence-corrected chi connectivity index (χ2v) is 10.3. The van der Waals surface area contributed by atoms with E-state index in [2.05, 4.69) is 31.5 Å². The Balaban J connectivity index is 2.29. The number of nitrogens with one attached hydrogen (secondary N) is 2. The maximum absolute atomic E-state index is 13.3. The van der Waals surface area contributed by atoms with Crippen molar-refractivity contribution in [1.29, 1.82) is 0 Å². The van der Waals surface area contributed by atoms with Crippen molar-refractivity contribution >= 4 is 39.5 Å². The van der Waals surface area contributed by atoms with Crippen molar-refractivity contribution in [3.63, 3.8) is 0 Å². The molecule has 0 aromatic carbocycles. The first-order chi connectivity index (χ1) is 14.3. The average Bonchev–Trinajstić information content (AvgIpc) is 3.11. The van der Waals surface area contributed by atoms with Gasteiger partial charge in [-0.05, 0) is 33.7 Å². The van der Waals surface area contributed by atoms with Crippen molar-refractivity contribution in [2.75, 3.05) is 19.6 Å². The fraction of sp³-hybridized carbons (Fsp3) is 0.722. The molecule has 1 saturated heterocycles. The lowest BCUT2D eigenvalue weighted by Gasteiger charge is -2.42. The van der Waals surface area contributed by atoms with Gasteiger partial charge in [0.25, 0.3) is 0 Å². The third-order valence-corrected chi connectivity index (χ3v) is 6.42. The molecule has 4 atom stereocenters. The summed E-state index contributed by atoms with van der Waals surface area (Å²) in [6, 6.07) is -1.46. The van der Waals surface area contributed by atoms with Gasteiger partial charge >= 0.3 is 18.4 Å². The van der Waals surface area contributed by atoms with Crippen LogP contribution in [0, 0.1) is 5.92 Å². The topological polar surface area (TPSA) is 104 Å². The van der Waals surface area contributed by atoms with E-state index >= 15 is 0 Å². The fourth-order valence-corrected chi connectivity index (χ4v) is 5.18. The van der Waals surface area contributed by atoms with Crippen LogP contribution in [0.3, 0.4) is 0 Å². The fourth-order valence-electron chi connectivity index (χ4n) is 3.41. The number of aromatic nitrogens is 1. The summed E-state index contributed by atoms with van der Waals surface area (Å²) in [6.07, 6.45) is -4.95. The Morgan fingerprint density at radius 1 is 1.42 bits per heavy atom. The molecule has 2 rings (SSSR count). The number of amides is 2. The molecular formula is C18H26BrF3N4O4S. The van der Waals surface area contributed by atoms with Gasteiger partial charge < -0.3 is 20.5 Å². The van der Waals surface area contributed by atoms with E-state index in [0.717, 1.165) is 0 Å². The van der Waals surface area contributed by atoms with Crippen molar-refractivity contribution < 1.29 is 32.6 Å². The van der Waals surface area contributed by atoms with Gasteiger partial charge in [-0.3, -0.25) is 4.90 Å². The number of likely N-dealkylation sites (tertiary alicyclic amines) is 1. The van der Waals surface area contributed by atoms with Crippen LogP contribution in [-0.4, -0.2) is 69.5 Å². The molecule has 13 heteroatoms. The largest absolute Gasteiger partial charge is 0.465 e. The van der Waals surface area contributed by atoms with Crippen molar-refractivity contribution in [3.05, 3.63) is 16.6 Å². The number of alkyl carbamates (subject to hydrolysis) is 1. The zero-order valence-corrected chi connectivity index (χ0v) is 19.7. The molecule has 176 valence electrons. The Morgan fingerprint density at radius 3 is 2.58 bits per heavy atom. The summed E-state index contributed by atoms with van der Waals surface area (Å²) in [4.78, 5) is 28.7. The summed E-state index contributed by atoms with van der Waals surface area (Å²) in [6.45, 7) is 5.04. The third-order valence-electron chi connectivity index (χ3n) is 4.65. The summed E-state index contributed by atoms with van der Waals surface area (Å²) < 4.78 is 45.1. The molecule has 1 aliphatic rings. The number of rotatable bonds is 6. The number of carboxylic acid groups (broad SMARTS) is 1. The van der Waals surface area contributed by atoms with Crippen molar-refractivity contribution in [3.8, 4) is 0 Å². The van der Waals surface area contributed by atoms with Crippen LogP contribution < -0.4 is 10.6 Å². The molecular weight excluding hydrogens is 505 g/mol. The minimum absolute atomic E-state index is 0.0496. The van der Waals surface area contributed by atoms with Crippen LogP contribution in [0.4, 0.5) is 22.8 Å². The first-order valence-electron chi connectivity index (χ1n) is 9.58. The maximum atomic E-state index is 13.3. The van der Waals surface area contributed by atoms with E-state index in [1.165, 1.54) is 11.3 Å². The third kappa shape index (κ3) is 7.79. The second-order valence-electron chi connectivity index (χ2n) is 8.20. The number of alkyl halides is 4. The highest BCUT2D eigenvalue weighted by Gasteiger charge is 2.48. The van der Waals surface area contributed by atoms with E-state index in [0.29, 0.717) is 5.01 Å². The number of piperidine rings is 1. The predicted octanol–water partition coefficient (Wildman–Crippen LogP) is 3.99. The molecule has 8 nitrogen and oxygen atoms in total. The Bertz CT molecular complexity index is 745. The Kier molecular flexibility index (Phi) is 8.56. The lowest BCUT2D eigenvalue weighted by atomic mass is 9.93. The van der Waals surface area contributed by atoms with E-state index in [1.54, 1.807) is 37.2 Å². The second kappa shape index (κ2) is 10.3. The number of carbonyl (C=O) groups excluding carboxylic acids is 1. The van der Waals surface area contributed by atoms with Crippen LogP contribution in [0.25, 0.3) is 0 Å². The molecule has 1 aromatic heterocycles. The molecule has 1 aliphatic heterocycles. The standard InChI is InChI=1S/C18H26BrF3N4O4S/c1-17(2,3)30-16(29)25-12(8-24-15(27)28)13(14-23-5-7-31-14)26-6-4-10(11(19)9-26)18(20,21)22/h5,7,10-13,24H,4,6,8-9H2,1-3H3,(H,25,29)(H,27,28)/t10?,11?,12-,13?/m0/s1. The Labute approximate surface area is 190 Å². The quantitative estimate of drug-likeness (QED) is 0.480. The molecule has 2 amide bonds. The zero-order chi connectivity index (χ0) is 23.4. The number of hydrogen-bond donors (Lipinski definition) is 3. The highest BCUT2D eigenvalue weighted by Crippen LogP contribution is 2.40. The van der Waals surface area contributed by atoms with Crippen LogP contribution in [0.5, 0.6) is 0 Å². The summed E-state index contributed by atoms with van der Waals surface area (Å²) in [5, 5.41) is 16.2. The molecule has 0 saturated carbocycles. The van der Waals surface area contributed by atoms with Gasteiger partial charge in [0.05, 0.1) is 18.0 Å². The van der Waals surface area contributed by atoms with Crippen LogP contribution in [0.1, 0.15) is 38.2 Å². The monoisotopic (exact) mass is 530 g/mol. The normalized spacial score (nSPS) is 22.4. The molecule has 0 radical (unpaired) electrons. The zero-order valence-electron chi connectivity index (χ0n) is 17.3. The molecule has 2 heterocycles. The Morgan fingerprint density at radius 2 is 2.10 bits per heavy atom. The summed E-state index contributed by atoms with van der Waals surface area (Å²) in [5.41, 5.74) is -0.780. The number of thiazole rings is 1. The van der Waals surface area contributed by atoms with Gasteiger partial charge in [0, 0.05) is 29.5 Å². The van der Waals surface area contributed by atoms with Gasteiger partial charge in [0.1, 0.15) is 10.6 Å². The molecule has 0 aliphatic carbocycles. The maximum Gasteiger partial charge on any atom is 0.408 e. The molecule has 1 fully saturated rings. The Hall–Kier alpha value is -1.60. The van der Waals surface area contributed by atoms with E-state index in [1.807, 2.05) is 0 Å². The predicted molar refractivity (Wildman–Crippen MR) is 112 cm³/mol. The number of ether oxygens (including phenoxy) is 1. The first-order valence-corrected chi connectivity index (χ1v) is 11.4. The van der Waals surface area contributed by atoms with E-state index in [4.69, 9.17) is 9.84 Å². The van der Waals surface area contributed by atoms with Gasteiger partial charge in [-0.1, -0.05) is 15.9 Å². The minimum atomic E-state index is -4.32. The SMILES string of the molecule is CC(C)(C)OC(=O)N[C@@H](CNC(=O)O)C(c1nccs1)N1CCC(C(F)(F)F)C(Br)C1. The summed E-state index contributed by atoms with van der Waals surface area (Å²) in [7, 11) is 0.